The maximum atomic E-state index is 12.7. The average Bonchev–Trinajstić information content (AvgIpc) is 3.21. The van der Waals surface area contributed by atoms with Crippen molar-refractivity contribution in [3.63, 3.8) is 0 Å². The van der Waals surface area contributed by atoms with Gasteiger partial charge in [0.15, 0.2) is 0 Å². The van der Waals surface area contributed by atoms with Crippen molar-refractivity contribution in [3.8, 4) is 11.1 Å². The smallest absolute Gasteiger partial charge is 0.248 e. The Hall–Kier alpha value is -3.26. The second kappa shape index (κ2) is 8.94. The number of benzene rings is 3. The number of rotatable bonds is 5. The first kappa shape index (κ1) is 21.6. The van der Waals surface area contributed by atoms with E-state index < -0.39 is 10.0 Å². The molecule has 0 unspecified atom stereocenters. The third kappa shape index (κ3) is 4.48. The first-order valence-corrected chi connectivity index (χ1v) is 12.3. The minimum Gasteiger partial charge on any atom is -0.379 e. The molecule has 2 aliphatic rings. The lowest BCUT2D eigenvalue weighted by atomic mass is 10.1. The van der Waals surface area contributed by atoms with Crippen molar-refractivity contribution in [2.24, 2.45) is 0 Å². The summed E-state index contributed by atoms with van der Waals surface area (Å²) in [4.78, 5) is 12.7. The maximum Gasteiger partial charge on any atom is 0.248 e. The average molecular weight is 461 g/mol. The maximum absolute atomic E-state index is 12.7. The van der Waals surface area contributed by atoms with Gasteiger partial charge < -0.3 is 10.1 Å². The minimum atomic E-state index is -3.53. The Morgan fingerprint density at radius 3 is 2.42 bits per heavy atom. The van der Waals surface area contributed by atoms with E-state index >= 15 is 0 Å². The summed E-state index contributed by atoms with van der Waals surface area (Å²) in [5.41, 5.74) is 6.47. The lowest BCUT2D eigenvalue weighted by Gasteiger charge is -2.26. The number of fused-ring (bicyclic) bond motifs is 3. The predicted octanol–water partition coefficient (Wildman–Crippen LogP) is 3.93. The van der Waals surface area contributed by atoms with Gasteiger partial charge in [-0.2, -0.15) is 4.31 Å². The number of amides is 1. The van der Waals surface area contributed by atoms with E-state index in [4.69, 9.17) is 4.74 Å². The van der Waals surface area contributed by atoms with E-state index in [-0.39, 0.29) is 10.8 Å². The molecule has 1 N–H and O–H groups in total. The zero-order valence-electron chi connectivity index (χ0n) is 18.0. The molecule has 1 heterocycles. The normalized spacial score (nSPS) is 15.9. The summed E-state index contributed by atoms with van der Waals surface area (Å²) in [5.74, 6) is -0.240. The fraction of sp³-hybridized carbons (Fsp3) is 0.192. The molecule has 0 aromatic heterocycles. The molecular formula is C26H24N2O4S. The second-order valence-corrected chi connectivity index (χ2v) is 10.1. The molecule has 168 valence electrons. The lowest BCUT2D eigenvalue weighted by molar-refractivity contribution is -0.111. The predicted molar refractivity (Wildman–Crippen MR) is 128 cm³/mol. The SMILES string of the molecule is O=C(C=Cc1ccc(S(=O)(=O)N2CCOCC2)cc1)Nc1ccc2c(c1)Cc1ccccc1-2. The van der Waals surface area contributed by atoms with Crippen LogP contribution in [0, 0.1) is 0 Å². The summed E-state index contributed by atoms with van der Waals surface area (Å²) in [6.07, 6.45) is 3.99. The van der Waals surface area contributed by atoms with Gasteiger partial charge in [-0.15, -0.1) is 0 Å². The van der Waals surface area contributed by atoms with Crippen LogP contribution < -0.4 is 5.32 Å². The summed E-state index contributed by atoms with van der Waals surface area (Å²) in [5, 5.41) is 2.91. The highest BCUT2D eigenvalue weighted by atomic mass is 32.2. The van der Waals surface area contributed by atoms with Crippen molar-refractivity contribution < 1.29 is 17.9 Å². The van der Waals surface area contributed by atoms with Gasteiger partial charge in [-0.05, 0) is 64.6 Å². The molecule has 0 bridgehead atoms. The zero-order chi connectivity index (χ0) is 22.8. The van der Waals surface area contributed by atoms with Crippen LogP contribution in [0.25, 0.3) is 17.2 Å². The van der Waals surface area contributed by atoms with E-state index in [1.165, 1.54) is 32.6 Å². The molecule has 1 amide bonds. The van der Waals surface area contributed by atoms with Crippen LogP contribution in [0.4, 0.5) is 5.69 Å². The largest absolute Gasteiger partial charge is 0.379 e. The van der Waals surface area contributed by atoms with Crippen LogP contribution >= 0.6 is 0 Å². The second-order valence-electron chi connectivity index (χ2n) is 8.11. The summed E-state index contributed by atoms with van der Waals surface area (Å²) >= 11 is 0. The molecule has 0 saturated carbocycles. The van der Waals surface area contributed by atoms with E-state index in [1.807, 2.05) is 30.3 Å². The molecule has 3 aromatic carbocycles. The first-order valence-electron chi connectivity index (χ1n) is 10.9. The third-order valence-electron chi connectivity index (χ3n) is 5.98. The van der Waals surface area contributed by atoms with Crippen molar-refractivity contribution >= 4 is 27.7 Å². The zero-order valence-corrected chi connectivity index (χ0v) is 18.8. The number of hydrogen-bond acceptors (Lipinski definition) is 4. The Bertz CT molecular complexity index is 1320. The number of hydrogen-bond donors (Lipinski definition) is 1. The van der Waals surface area contributed by atoms with Crippen molar-refractivity contribution in [1.82, 2.24) is 4.31 Å². The van der Waals surface area contributed by atoms with Crippen LogP contribution in [-0.4, -0.2) is 44.9 Å². The number of nitrogens with one attached hydrogen (secondary N) is 1. The molecule has 6 nitrogen and oxygen atoms in total. The number of ether oxygens (including phenoxy) is 1. The van der Waals surface area contributed by atoms with Gasteiger partial charge in [-0.1, -0.05) is 42.5 Å². The summed E-state index contributed by atoms with van der Waals surface area (Å²) in [6, 6.07) is 20.9. The number of sulfonamides is 1. The Labute approximate surface area is 193 Å². The third-order valence-corrected chi connectivity index (χ3v) is 7.89. The van der Waals surface area contributed by atoms with Gasteiger partial charge in [0, 0.05) is 24.9 Å². The highest BCUT2D eigenvalue weighted by Crippen LogP contribution is 2.37. The van der Waals surface area contributed by atoms with E-state index in [9.17, 15) is 13.2 Å². The summed E-state index contributed by atoms with van der Waals surface area (Å²) in [6.45, 7) is 1.54. The molecule has 0 radical (unpaired) electrons. The highest BCUT2D eigenvalue weighted by molar-refractivity contribution is 7.89. The van der Waals surface area contributed by atoms with Crippen molar-refractivity contribution in [1.29, 1.82) is 0 Å². The molecule has 1 saturated heterocycles. The minimum absolute atomic E-state index is 0.240. The Balaban J connectivity index is 1.23. The standard InChI is InChI=1S/C26H24N2O4S/c29-26(27-22-8-11-25-21(18-22)17-20-3-1-2-4-24(20)25)12-7-19-5-9-23(10-6-19)33(30,31)28-13-15-32-16-14-28/h1-12,18H,13-17H2,(H,27,29). The van der Waals surface area contributed by atoms with Crippen LogP contribution in [0.5, 0.6) is 0 Å². The van der Waals surface area contributed by atoms with E-state index in [0.29, 0.717) is 26.3 Å². The quantitative estimate of drug-likeness (QED) is 0.458. The molecule has 1 aliphatic heterocycles. The fourth-order valence-electron chi connectivity index (χ4n) is 4.27. The fourth-order valence-corrected chi connectivity index (χ4v) is 5.67. The monoisotopic (exact) mass is 460 g/mol. The molecule has 3 aromatic rings. The number of carbonyl (C=O) groups excluding carboxylic acids is 1. The van der Waals surface area contributed by atoms with Gasteiger partial charge in [-0.3, -0.25) is 4.79 Å². The van der Waals surface area contributed by atoms with Gasteiger partial charge in [0.05, 0.1) is 18.1 Å². The first-order chi connectivity index (χ1) is 16.0. The molecule has 5 rings (SSSR count). The number of anilines is 1. The molecular weight excluding hydrogens is 436 g/mol. The Kier molecular flexibility index (Phi) is 5.85. The van der Waals surface area contributed by atoms with Gasteiger partial charge in [0.25, 0.3) is 0 Å². The van der Waals surface area contributed by atoms with Crippen LogP contribution in [0.1, 0.15) is 16.7 Å². The Morgan fingerprint density at radius 1 is 0.909 bits per heavy atom. The number of morpholine rings is 1. The number of carbonyl (C=O) groups is 1. The van der Waals surface area contributed by atoms with Crippen molar-refractivity contribution in [2.75, 3.05) is 31.6 Å². The van der Waals surface area contributed by atoms with Crippen LogP contribution in [-0.2, 0) is 26.0 Å². The molecule has 1 fully saturated rings. The van der Waals surface area contributed by atoms with Gasteiger partial charge in [-0.25, -0.2) is 8.42 Å². The molecule has 7 heteroatoms. The topological polar surface area (TPSA) is 75.7 Å². The van der Waals surface area contributed by atoms with Gasteiger partial charge >= 0.3 is 0 Å². The van der Waals surface area contributed by atoms with E-state index in [1.54, 1.807) is 30.3 Å². The molecule has 0 spiro atoms. The van der Waals surface area contributed by atoms with Crippen LogP contribution in [0.3, 0.4) is 0 Å². The van der Waals surface area contributed by atoms with Gasteiger partial charge in [0.1, 0.15) is 0 Å². The van der Waals surface area contributed by atoms with Crippen molar-refractivity contribution in [3.05, 3.63) is 89.5 Å². The van der Waals surface area contributed by atoms with Gasteiger partial charge in [0.2, 0.25) is 15.9 Å². The lowest BCUT2D eigenvalue weighted by Crippen LogP contribution is -2.40. The summed E-state index contributed by atoms with van der Waals surface area (Å²) < 4.78 is 32.1. The van der Waals surface area contributed by atoms with E-state index in [0.717, 1.165) is 17.7 Å². The molecule has 1 aliphatic carbocycles. The Morgan fingerprint density at radius 2 is 1.64 bits per heavy atom. The van der Waals surface area contributed by atoms with Crippen LogP contribution in [0.15, 0.2) is 77.7 Å². The van der Waals surface area contributed by atoms with E-state index in [2.05, 4.69) is 17.4 Å². The number of nitrogens with zero attached hydrogens (tertiary/aromatic N) is 1. The molecule has 33 heavy (non-hydrogen) atoms. The highest BCUT2D eigenvalue weighted by Gasteiger charge is 2.26. The van der Waals surface area contributed by atoms with Crippen LogP contribution in [0.2, 0.25) is 0 Å². The summed E-state index contributed by atoms with van der Waals surface area (Å²) in [7, 11) is -3.53. The molecule has 0 atom stereocenters. The van der Waals surface area contributed by atoms with Crippen molar-refractivity contribution in [2.45, 2.75) is 11.3 Å².